The zero-order chi connectivity index (χ0) is 12.1. The largest absolute Gasteiger partial charge is 0.349 e. The smallest absolute Gasteiger partial charge is 0.223 e. The predicted octanol–water partition coefficient (Wildman–Crippen LogP) is 2.23. The van der Waals surface area contributed by atoms with Crippen LogP contribution < -0.4 is 5.32 Å². The second-order valence-corrected chi connectivity index (χ2v) is 4.50. The topological polar surface area (TPSA) is 46.2 Å². The molecular formula is C14H17NO2. The second kappa shape index (κ2) is 5.62. The van der Waals surface area contributed by atoms with Gasteiger partial charge in [-0.25, -0.2) is 0 Å². The van der Waals surface area contributed by atoms with E-state index in [0.717, 1.165) is 31.1 Å². The highest BCUT2D eigenvalue weighted by molar-refractivity contribution is 5.80. The van der Waals surface area contributed by atoms with Crippen molar-refractivity contribution < 1.29 is 9.59 Å². The minimum atomic E-state index is -0.179. The molecule has 1 aliphatic rings. The number of hydrogen-bond acceptors (Lipinski definition) is 2. The molecule has 3 nitrogen and oxygen atoms in total. The summed E-state index contributed by atoms with van der Waals surface area (Å²) in [6, 6.07) is 9.46. The van der Waals surface area contributed by atoms with Crippen LogP contribution in [0.15, 0.2) is 30.3 Å². The number of carbonyl (C=O) groups is 2. The first-order valence-corrected chi connectivity index (χ1v) is 6.10. The molecular weight excluding hydrogens is 214 g/mol. The maximum absolute atomic E-state index is 11.9. The molecule has 1 saturated carbocycles. The summed E-state index contributed by atoms with van der Waals surface area (Å²) in [5, 5.41) is 2.97. The molecule has 1 fully saturated rings. The van der Waals surface area contributed by atoms with Crippen LogP contribution in [0.2, 0.25) is 0 Å². The van der Waals surface area contributed by atoms with Gasteiger partial charge in [-0.1, -0.05) is 36.8 Å². The molecule has 0 saturated heterocycles. The predicted molar refractivity (Wildman–Crippen MR) is 65.3 cm³/mol. The van der Waals surface area contributed by atoms with Crippen LogP contribution in [-0.2, 0) is 9.59 Å². The molecule has 0 bridgehead atoms. The van der Waals surface area contributed by atoms with E-state index in [0.29, 0.717) is 6.42 Å². The molecule has 90 valence electrons. The van der Waals surface area contributed by atoms with Gasteiger partial charge in [-0.05, 0) is 18.4 Å². The van der Waals surface area contributed by atoms with Crippen molar-refractivity contribution >= 4 is 12.2 Å². The highest BCUT2D eigenvalue weighted by atomic mass is 16.2. The van der Waals surface area contributed by atoms with Crippen LogP contribution in [0, 0.1) is 5.92 Å². The zero-order valence-electron chi connectivity index (χ0n) is 9.76. The van der Waals surface area contributed by atoms with Crippen molar-refractivity contribution in [3.63, 3.8) is 0 Å². The van der Waals surface area contributed by atoms with Gasteiger partial charge in [0.25, 0.3) is 0 Å². The Morgan fingerprint density at radius 2 is 2.06 bits per heavy atom. The minimum absolute atomic E-state index is 0.0898. The van der Waals surface area contributed by atoms with Crippen molar-refractivity contribution in [2.75, 3.05) is 0 Å². The Kier molecular flexibility index (Phi) is 3.91. The van der Waals surface area contributed by atoms with E-state index in [-0.39, 0.29) is 17.9 Å². The van der Waals surface area contributed by atoms with E-state index in [1.807, 2.05) is 30.3 Å². The number of nitrogens with one attached hydrogen (secondary N) is 1. The second-order valence-electron chi connectivity index (χ2n) is 4.50. The average Bonchev–Trinajstić information content (AvgIpc) is 2.27. The number of carbonyl (C=O) groups excluding carboxylic acids is 2. The fraction of sp³-hybridized carbons (Fsp3) is 0.429. The SMILES string of the molecule is O=CC[C@H](NC(=O)C1CCC1)c1ccccc1. The lowest BCUT2D eigenvalue weighted by Crippen LogP contribution is -2.37. The van der Waals surface area contributed by atoms with Crippen LogP contribution >= 0.6 is 0 Å². The lowest BCUT2D eigenvalue weighted by atomic mass is 9.84. The van der Waals surface area contributed by atoms with Gasteiger partial charge in [0.2, 0.25) is 5.91 Å². The van der Waals surface area contributed by atoms with Gasteiger partial charge in [0.15, 0.2) is 0 Å². The summed E-state index contributed by atoms with van der Waals surface area (Å²) in [5.41, 5.74) is 0.993. The van der Waals surface area contributed by atoms with E-state index in [4.69, 9.17) is 0 Å². The molecule has 2 rings (SSSR count). The van der Waals surface area contributed by atoms with Gasteiger partial charge in [-0.3, -0.25) is 4.79 Å². The van der Waals surface area contributed by atoms with Crippen LogP contribution in [0.1, 0.15) is 37.3 Å². The van der Waals surface area contributed by atoms with Crippen LogP contribution in [0.3, 0.4) is 0 Å². The molecule has 17 heavy (non-hydrogen) atoms. The standard InChI is InChI=1S/C14H17NO2/c16-10-9-13(11-5-2-1-3-6-11)15-14(17)12-7-4-8-12/h1-3,5-6,10,12-13H,4,7-9H2,(H,15,17)/t13-/m0/s1. The number of benzene rings is 1. The molecule has 1 atom stereocenters. The van der Waals surface area contributed by atoms with Crippen molar-refractivity contribution in [1.29, 1.82) is 0 Å². The minimum Gasteiger partial charge on any atom is -0.349 e. The molecule has 1 aromatic carbocycles. The Hall–Kier alpha value is -1.64. The molecule has 1 aliphatic carbocycles. The Labute approximate surface area is 101 Å². The molecule has 0 spiro atoms. The third kappa shape index (κ3) is 2.93. The summed E-state index contributed by atoms with van der Waals surface area (Å²) in [5.74, 6) is 0.250. The lowest BCUT2D eigenvalue weighted by Gasteiger charge is -2.27. The molecule has 1 N–H and O–H groups in total. The third-order valence-corrected chi connectivity index (χ3v) is 3.33. The average molecular weight is 231 g/mol. The number of amides is 1. The molecule has 1 amide bonds. The van der Waals surface area contributed by atoms with Gasteiger partial charge in [0, 0.05) is 12.3 Å². The summed E-state index contributed by atoms with van der Waals surface area (Å²) in [7, 11) is 0. The van der Waals surface area contributed by atoms with Crippen molar-refractivity contribution in [2.45, 2.75) is 31.7 Å². The van der Waals surface area contributed by atoms with E-state index < -0.39 is 0 Å². The molecule has 0 aliphatic heterocycles. The van der Waals surface area contributed by atoms with E-state index >= 15 is 0 Å². The quantitative estimate of drug-likeness (QED) is 0.790. The van der Waals surface area contributed by atoms with Gasteiger partial charge in [0.05, 0.1) is 6.04 Å². The van der Waals surface area contributed by atoms with E-state index in [1.165, 1.54) is 0 Å². The van der Waals surface area contributed by atoms with Crippen molar-refractivity contribution in [1.82, 2.24) is 5.32 Å². The Balaban J connectivity index is 2.01. The van der Waals surface area contributed by atoms with Gasteiger partial charge in [0.1, 0.15) is 6.29 Å². The highest BCUT2D eigenvalue weighted by Crippen LogP contribution is 2.27. The van der Waals surface area contributed by atoms with Crippen molar-refractivity contribution in [3.05, 3.63) is 35.9 Å². The van der Waals surface area contributed by atoms with Crippen LogP contribution in [0.5, 0.6) is 0 Å². The normalized spacial score (nSPS) is 16.9. The first-order valence-electron chi connectivity index (χ1n) is 6.10. The number of hydrogen-bond donors (Lipinski definition) is 1. The molecule has 0 radical (unpaired) electrons. The summed E-state index contributed by atoms with van der Waals surface area (Å²) in [6.45, 7) is 0. The summed E-state index contributed by atoms with van der Waals surface area (Å²) in [4.78, 5) is 22.5. The Morgan fingerprint density at radius 3 is 2.59 bits per heavy atom. The lowest BCUT2D eigenvalue weighted by molar-refractivity contribution is -0.128. The maximum Gasteiger partial charge on any atom is 0.223 e. The first-order chi connectivity index (χ1) is 8.31. The molecule has 1 aromatic rings. The van der Waals surface area contributed by atoms with Gasteiger partial charge in [-0.2, -0.15) is 0 Å². The highest BCUT2D eigenvalue weighted by Gasteiger charge is 2.27. The Bertz CT molecular complexity index is 384. The fourth-order valence-corrected chi connectivity index (χ4v) is 2.02. The molecule has 0 aromatic heterocycles. The van der Waals surface area contributed by atoms with E-state index in [1.54, 1.807) is 0 Å². The van der Waals surface area contributed by atoms with Crippen LogP contribution in [0.25, 0.3) is 0 Å². The van der Waals surface area contributed by atoms with Crippen molar-refractivity contribution in [3.8, 4) is 0 Å². The molecule has 0 unspecified atom stereocenters. The van der Waals surface area contributed by atoms with Gasteiger partial charge in [-0.15, -0.1) is 0 Å². The molecule has 0 heterocycles. The van der Waals surface area contributed by atoms with E-state index in [2.05, 4.69) is 5.32 Å². The maximum atomic E-state index is 11.9. The van der Waals surface area contributed by atoms with Crippen LogP contribution in [-0.4, -0.2) is 12.2 Å². The van der Waals surface area contributed by atoms with E-state index in [9.17, 15) is 9.59 Å². The molecule has 3 heteroatoms. The van der Waals surface area contributed by atoms with Crippen molar-refractivity contribution in [2.24, 2.45) is 5.92 Å². The number of rotatable bonds is 5. The Morgan fingerprint density at radius 1 is 1.35 bits per heavy atom. The number of aldehydes is 1. The first kappa shape index (κ1) is 11.8. The summed E-state index contributed by atoms with van der Waals surface area (Å²) in [6.07, 6.45) is 4.30. The third-order valence-electron chi connectivity index (χ3n) is 3.33. The van der Waals surface area contributed by atoms with Gasteiger partial charge >= 0.3 is 0 Å². The van der Waals surface area contributed by atoms with Crippen LogP contribution in [0.4, 0.5) is 0 Å². The monoisotopic (exact) mass is 231 g/mol. The zero-order valence-corrected chi connectivity index (χ0v) is 9.76. The summed E-state index contributed by atoms with van der Waals surface area (Å²) < 4.78 is 0. The van der Waals surface area contributed by atoms with Gasteiger partial charge < -0.3 is 10.1 Å². The summed E-state index contributed by atoms with van der Waals surface area (Å²) >= 11 is 0. The fourth-order valence-electron chi connectivity index (χ4n) is 2.02.